The fourth-order valence-corrected chi connectivity index (χ4v) is 5.36. The SMILES string of the molecule is Cc1cn(C2CCN(CC3CCNCC3)C[C@@H]2F)c2ncc(N3CCC(=O)NC3=O)cc12. The number of halogens is 1. The number of rotatable bonds is 4. The molecule has 0 aliphatic carbocycles. The van der Waals surface area contributed by atoms with Crippen molar-refractivity contribution in [2.45, 2.75) is 44.8 Å². The van der Waals surface area contributed by atoms with E-state index in [9.17, 15) is 9.59 Å². The summed E-state index contributed by atoms with van der Waals surface area (Å²) < 4.78 is 17.3. The number of amides is 3. The van der Waals surface area contributed by atoms with Gasteiger partial charge in [-0.15, -0.1) is 0 Å². The van der Waals surface area contributed by atoms with Gasteiger partial charge in [-0.2, -0.15) is 0 Å². The molecule has 2 N–H and O–H groups in total. The number of aryl methyl sites for hydroxylation is 1. The van der Waals surface area contributed by atoms with Gasteiger partial charge in [0.25, 0.3) is 0 Å². The zero-order valence-electron chi connectivity index (χ0n) is 18.5. The molecule has 2 atom stereocenters. The minimum absolute atomic E-state index is 0.232. The first-order chi connectivity index (χ1) is 15.5. The molecule has 3 aliphatic heterocycles. The minimum Gasteiger partial charge on any atom is -0.326 e. The van der Waals surface area contributed by atoms with Gasteiger partial charge in [0.05, 0.1) is 17.9 Å². The summed E-state index contributed by atoms with van der Waals surface area (Å²) >= 11 is 0. The molecule has 2 aromatic heterocycles. The van der Waals surface area contributed by atoms with Crippen LogP contribution in [0.15, 0.2) is 18.5 Å². The van der Waals surface area contributed by atoms with Crippen molar-refractivity contribution in [1.82, 2.24) is 25.1 Å². The van der Waals surface area contributed by atoms with Gasteiger partial charge in [0.2, 0.25) is 5.91 Å². The van der Waals surface area contributed by atoms with Crippen molar-refractivity contribution in [3.05, 3.63) is 24.0 Å². The number of nitrogens with one attached hydrogen (secondary N) is 2. The number of aromatic nitrogens is 2. The van der Waals surface area contributed by atoms with Crippen LogP contribution in [-0.2, 0) is 4.79 Å². The third-order valence-corrected chi connectivity index (χ3v) is 7.14. The second-order valence-corrected chi connectivity index (χ2v) is 9.36. The molecule has 172 valence electrons. The molecule has 3 aliphatic rings. The molecule has 3 amide bonds. The number of carbonyl (C=O) groups excluding carboxylic acids is 2. The number of urea groups is 1. The maximum atomic E-state index is 15.3. The van der Waals surface area contributed by atoms with Crippen LogP contribution in [0.4, 0.5) is 14.9 Å². The molecule has 5 rings (SSSR count). The van der Waals surface area contributed by atoms with Gasteiger partial charge in [0, 0.05) is 44.2 Å². The summed E-state index contributed by atoms with van der Waals surface area (Å²) in [5, 5.41) is 6.65. The number of alkyl halides is 1. The lowest BCUT2D eigenvalue weighted by molar-refractivity contribution is -0.120. The first-order valence-corrected chi connectivity index (χ1v) is 11.7. The van der Waals surface area contributed by atoms with Crippen LogP contribution in [0.3, 0.4) is 0 Å². The molecule has 2 aromatic rings. The van der Waals surface area contributed by atoms with Crippen molar-refractivity contribution in [2.75, 3.05) is 44.2 Å². The van der Waals surface area contributed by atoms with Crippen molar-refractivity contribution < 1.29 is 14.0 Å². The Morgan fingerprint density at radius 1 is 1.19 bits per heavy atom. The Kier molecular flexibility index (Phi) is 5.86. The van der Waals surface area contributed by atoms with Gasteiger partial charge in [0.1, 0.15) is 11.8 Å². The summed E-state index contributed by atoms with van der Waals surface area (Å²) in [5.41, 5.74) is 2.41. The van der Waals surface area contributed by atoms with Crippen molar-refractivity contribution in [3.8, 4) is 0 Å². The molecule has 8 nitrogen and oxygen atoms in total. The molecule has 0 saturated carbocycles. The van der Waals surface area contributed by atoms with E-state index in [4.69, 9.17) is 0 Å². The number of piperidine rings is 2. The van der Waals surface area contributed by atoms with Crippen molar-refractivity contribution in [3.63, 3.8) is 0 Å². The van der Waals surface area contributed by atoms with Gasteiger partial charge in [-0.1, -0.05) is 0 Å². The monoisotopic (exact) mass is 442 g/mol. The smallest absolute Gasteiger partial charge is 0.326 e. The van der Waals surface area contributed by atoms with Crippen LogP contribution in [0.2, 0.25) is 0 Å². The molecular formula is C23H31FN6O2. The lowest BCUT2D eigenvalue weighted by Crippen LogP contribution is -2.49. The standard InChI is InChI=1S/C23H31FN6O2/c1-15-12-30(20-4-8-28(14-19(20)24)13-16-2-6-25-7-3-16)22-18(15)10-17(11-26-22)29-9-5-21(31)27-23(29)32/h10-12,16,19-20,25H,2-9,13-14H2,1H3,(H,27,31,32)/t19-,20?/m0/s1. The highest BCUT2D eigenvalue weighted by molar-refractivity contribution is 6.06. The van der Waals surface area contributed by atoms with Crippen molar-refractivity contribution in [2.24, 2.45) is 5.92 Å². The molecule has 1 unspecified atom stereocenters. The number of anilines is 1. The molecule has 0 radical (unpaired) electrons. The number of likely N-dealkylation sites (tertiary alicyclic amines) is 1. The summed E-state index contributed by atoms with van der Waals surface area (Å²) in [6.07, 6.45) is 6.06. The Bertz CT molecular complexity index is 1020. The number of hydrogen-bond donors (Lipinski definition) is 2. The number of fused-ring (bicyclic) bond motifs is 1. The Hall–Kier alpha value is -2.52. The van der Waals surface area contributed by atoms with E-state index in [2.05, 4.69) is 20.5 Å². The number of pyridine rings is 1. The maximum absolute atomic E-state index is 15.3. The highest BCUT2D eigenvalue weighted by atomic mass is 19.1. The molecule has 9 heteroatoms. The maximum Gasteiger partial charge on any atom is 0.328 e. The van der Waals surface area contributed by atoms with E-state index < -0.39 is 12.2 Å². The molecule has 0 spiro atoms. The van der Waals surface area contributed by atoms with E-state index >= 15 is 4.39 Å². The second-order valence-electron chi connectivity index (χ2n) is 9.36. The van der Waals surface area contributed by atoms with Crippen LogP contribution in [0.5, 0.6) is 0 Å². The lowest BCUT2D eigenvalue weighted by atomic mass is 9.95. The fraction of sp³-hybridized carbons (Fsp3) is 0.609. The summed E-state index contributed by atoms with van der Waals surface area (Å²) in [6, 6.07) is 1.26. The molecule has 0 bridgehead atoms. The summed E-state index contributed by atoms with van der Waals surface area (Å²) in [7, 11) is 0. The number of imide groups is 1. The van der Waals surface area contributed by atoms with Gasteiger partial charge in [-0.25, -0.2) is 14.2 Å². The highest BCUT2D eigenvalue weighted by Crippen LogP contribution is 2.33. The first-order valence-electron chi connectivity index (χ1n) is 11.7. The third-order valence-electron chi connectivity index (χ3n) is 7.14. The van der Waals surface area contributed by atoms with Crippen LogP contribution in [0.1, 0.15) is 37.3 Å². The molecule has 5 heterocycles. The Labute approximate surface area is 187 Å². The zero-order chi connectivity index (χ0) is 22.2. The van der Waals surface area contributed by atoms with Crippen LogP contribution >= 0.6 is 0 Å². The first kappa shape index (κ1) is 21.3. The van der Waals surface area contributed by atoms with E-state index in [1.807, 2.05) is 23.8 Å². The number of nitrogens with zero attached hydrogens (tertiary/aromatic N) is 4. The van der Waals surface area contributed by atoms with Gasteiger partial charge in [0.15, 0.2) is 0 Å². The number of carbonyl (C=O) groups is 2. The van der Waals surface area contributed by atoms with Gasteiger partial charge in [-0.05, 0) is 56.8 Å². The predicted octanol–water partition coefficient (Wildman–Crippen LogP) is 2.38. The third kappa shape index (κ3) is 4.11. The summed E-state index contributed by atoms with van der Waals surface area (Å²) in [4.78, 5) is 32.1. The topological polar surface area (TPSA) is 82.5 Å². The Morgan fingerprint density at radius 3 is 2.75 bits per heavy atom. The molecule has 0 aromatic carbocycles. The second kappa shape index (κ2) is 8.78. The fourth-order valence-electron chi connectivity index (χ4n) is 5.36. The van der Waals surface area contributed by atoms with Gasteiger partial charge >= 0.3 is 6.03 Å². The zero-order valence-corrected chi connectivity index (χ0v) is 18.5. The summed E-state index contributed by atoms with van der Waals surface area (Å²) in [6.45, 7) is 6.81. The van der Waals surface area contributed by atoms with Crippen LogP contribution in [0.25, 0.3) is 11.0 Å². The van der Waals surface area contributed by atoms with E-state index in [1.165, 1.54) is 17.7 Å². The van der Waals surface area contributed by atoms with Crippen molar-refractivity contribution >= 4 is 28.7 Å². The highest BCUT2D eigenvalue weighted by Gasteiger charge is 2.33. The minimum atomic E-state index is -0.944. The molecule has 3 saturated heterocycles. The van der Waals surface area contributed by atoms with Gasteiger partial charge in [-0.3, -0.25) is 15.0 Å². The molecule has 32 heavy (non-hydrogen) atoms. The average molecular weight is 443 g/mol. The number of hydrogen-bond acceptors (Lipinski definition) is 5. The van der Waals surface area contributed by atoms with E-state index in [-0.39, 0.29) is 18.4 Å². The predicted molar refractivity (Wildman–Crippen MR) is 121 cm³/mol. The Morgan fingerprint density at radius 2 is 2.00 bits per heavy atom. The normalized spacial score (nSPS) is 26.0. The molecular weight excluding hydrogens is 411 g/mol. The van der Waals surface area contributed by atoms with Crippen molar-refractivity contribution in [1.29, 1.82) is 0 Å². The van der Waals surface area contributed by atoms with Gasteiger partial charge < -0.3 is 14.8 Å². The quantitative estimate of drug-likeness (QED) is 0.760. The average Bonchev–Trinajstić information content (AvgIpc) is 3.10. The van der Waals surface area contributed by atoms with Crippen LogP contribution in [0, 0.1) is 12.8 Å². The lowest BCUT2D eigenvalue weighted by Gasteiger charge is -2.38. The largest absolute Gasteiger partial charge is 0.328 e. The van der Waals surface area contributed by atoms with E-state index in [1.54, 1.807) is 6.20 Å². The van der Waals surface area contributed by atoms with E-state index in [0.717, 1.165) is 49.2 Å². The van der Waals surface area contributed by atoms with Crippen LogP contribution < -0.4 is 15.5 Å². The summed E-state index contributed by atoms with van der Waals surface area (Å²) in [5.74, 6) is 0.403. The Balaban J connectivity index is 1.32. The molecule has 3 fully saturated rings. The van der Waals surface area contributed by atoms with Crippen LogP contribution in [-0.4, -0.2) is 71.8 Å². The van der Waals surface area contributed by atoms with E-state index in [0.29, 0.717) is 24.7 Å².